The minimum Gasteiger partial charge on any atom is -0.430 e. The van der Waals surface area contributed by atoms with Gasteiger partial charge in [-0.3, -0.25) is 4.79 Å². The van der Waals surface area contributed by atoms with Crippen LogP contribution in [0.3, 0.4) is 0 Å². The van der Waals surface area contributed by atoms with Gasteiger partial charge in [-0.15, -0.1) is 0 Å². The number of aliphatic hydroxyl groups excluding tert-OH is 2. The minimum atomic E-state index is -1.37. The first-order chi connectivity index (χ1) is 11.3. The number of fused-ring (bicyclic) bond motifs is 1. The summed E-state index contributed by atoms with van der Waals surface area (Å²) >= 11 is 0. The van der Waals surface area contributed by atoms with Crippen LogP contribution >= 0.6 is 0 Å². The molecule has 1 spiro atoms. The first-order valence-electron chi connectivity index (χ1n) is 8.89. The van der Waals surface area contributed by atoms with Crippen LogP contribution in [0.4, 0.5) is 0 Å². The third-order valence-corrected chi connectivity index (χ3v) is 5.93. The fourth-order valence-electron chi connectivity index (χ4n) is 4.35. The van der Waals surface area contributed by atoms with Gasteiger partial charge in [-0.25, -0.2) is 0 Å². The van der Waals surface area contributed by atoms with Crippen molar-refractivity contribution in [1.29, 1.82) is 0 Å². The average molecular weight is 336 g/mol. The molecule has 8 atom stereocenters. The molecule has 0 aromatic rings. The quantitative estimate of drug-likeness (QED) is 0.594. The SMILES string of the molecule is CC[C@@H](C)C[C@@H](C)/C=C/[C@@H]1C=C[C@@H](O)C2OC3(C)OC(=O)[C@@]21C3O. The van der Waals surface area contributed by atoms with E-state index in [0.717, 1.165) is 12.8 Å². The highest BCUT2D eigenvalue weighted by molar-refractivity contribution is 5.84. The summed E-state index contributed by atoms with van der Waals surface area (Å²) in [5, 5.41) is 21.0. The van der Waals surface area contributed by atoms with Gasteiger partial charge in [-0.2, -0.15) is 0 Å². The van der Waals surface area contributed by atoms with Crippen LogP contribution in [0.2, 0.25) is 0 Å². The summed E-state index contributed by atoms with van der Waals surface area (Å²) in [6, 6.07) is 0. The Bertz CT molecular complexity index is 570. The van der Waals surface area contributed by atoms with Crippen LogP contribution in [0.5, 0.6) is 0 Å². The molecule has 2 heterocycles. The van der Waals surface area contributed by atoms with Crippen molar-refractivity contribution in [3.05, 3.63) is 24.3 Å². The maximum absolute atomic E-state index is 12.6. The highest BCUT2D eigenvalue weighted by Crippen LogP contribution is 2.59. The number of allylic oxidation sites excluding steroid dienone is 3. The predicted molar refractivity (Wildman–Crippen MR) is 88.8 cm³/mol. The molecule has 3 unspecified atom stereocenters. The number of aliphatic hydroxyl groups is 2. The molecule has 0 radical (unpaired) electrons. The fraction of sp³-hybridized carbons (Fsp3) is 0.737. The average Bonchev–Trinajstić information content (AvgIpc) is 2.87. The van der Waals surface area contributed by atoms with Crippen LogP contribution in [0.1, 0.15) is 40.5 Å². The van der Waals surface area contributed by atoms with Crippen LogP contribution in [0, 0.1) is 23.2 Å². The second-order valence-electron chi connectivity index (χ2n) is 7.79. The predicted octanol–water partition coefficient (Wildman–Crippen LogP) is 2.18. The molecule has 0 aromatic heterocycles. The normalized spacial score (nSPS) is 46.2. The summed E-state index contributed by atoms with van der Waals surface area (Å²) in [7, 11) is 0. The number of hydrogen-bond donors (Lipinski definition) is 2. The standard InChI is InChI=1S/C19H28O5/c1-5-11(2)10-12(3)6-7-13-8-9-14(20)15-19(13)16(21)18(4,23-15)24-17(19)22/h6-9,11-16,20-21H,5,10H2,1-4H3/b7-6+/t11-,12+,13-,14-,15?,16?,18?,19-/m1/s1. The van der Waals surface area contributed by atoms with Gasteiger partial charge in [0, 0.05) is 12.8 Å². The van der Waals surface area contributed by atoms with E-state index in [2.05, 4.69) is 26.8 Å². The molecule has 0 amide bonds. The second kappa shape index (κ2) is 5.97. The molecule has 3 aliphatic rings. The van der Waals surface area contributed by atoms with Gasteiger partial charge in [0.1, 0.15) is 17.6 Å². The van der Waals surface area contributed by atoms with Gasteiger partial charge in [0.25, 0.3) is 0 Å². The van der Waals surface area contributed by atoms with Gasteiger partial charge < -0.3 is 19.7 Å². The van der Waals surface area contributed by atoms with E-state index in [1.165, 1.54) is 0 Å². The van der Waals surface area contributed by atoms with Crippen molar-refractivity contribution >= 4 is 5.97 Å². The smallest absolute Gasteiger partial charge is 0.321 e. The number of ether oxygens (including phenoxy) is 2. The van der Waals surface area contributed by atoms with E-state index in [0.29, 0.717) is 11.8 Å². The van der Waals surface area contributed by atoms with Gasteiger partial charge in [-0.1, -0.05) is 51.5 Å². The Hall–Kier alpha value is -1.17. The van der Waals surface area contributed by atoms with Crippen molar-refractivity contribution in [3.63, 3.8) is 0 Å². The molecule has 2 aliphatic heterocycles. The summed E-state index contributed by atoms with van der Waals surface area (Å²) in [4.78, 5) is 12.6. The number of carbonyl (C=O) groups is 1. The Balaban J connectivity index is 1.88. The maximum atomic E-state index is 12.6. The van der Waals surface area contributed by atoms with Crippen molar-refractivity contribution in [2.45, 2.75) is 64.6 Å². The molecule has 24 heavy (non-hydrogen) atoms. The lowest BCUT2D eigenvalue weighted by molar-refractivity contribution is -0.253. The Morgan fingerprint density at radius 3 is 2.67 bits per heavy atom. The van der Waals surface area contributed by atoms with Gasteiger partial charge >= 0.3 is 5.97 Å². The largest absolute Gasteiger partial charge is 0.430 e. The van der Waals surface area contributed by atoms with Crippen LogP contribution in [-0.4, -0.2) is 40.3 Å². The Kier molecular flexibility index (Phi) is 4.39. The van der Waals surface area contributed by atoms with Crippen LogP contribution in [-0.2, 0) is 14.3 Å². The molecular formula is C19H28O5. The topological polar surface area (TPSA) is 76.0 Å². The first-order valence-corrected chi connectivity index (χ1v) is 8.89. The first kappa shape index (κ1) is 17.6. The highest BCUT2D eigenvalue weighted by Gasteiger charge is 2.77. The van der Waals surface area contributed by atoms with Crippen molar-refractivity contribution < 1.29 is 24.5 Å². The second-order valence-corrected chi connectivity index (χ2v) is 7.79. The van der Waals surface area contributed by atoms with E-state index < -0.39 is 35.5 Å². The van der Waals surface area contributed by atoms with Crippen molar-refractivity contribution in [1.82, 2.24) is 0 Å². The summed E-state index contributed by atoms with van der Waals surface area (Å²) in [5.41, 5.74) is -1.25. The summed E-state index contributed by atoms with van der Waals surface area (Å²) in [6.07, 6.45) is 6.92. The maximum Gasteiger partial charge on any atom is 0.321 e. The number of rotatable bonds is 5. The zero-order valence-electron chi connectivity index (χ0n) is 14.8. The highest BCUT2D eigenvalue weighted by atomic mass is 16.8. The summed E-state index contributed by atoms with van der Waals surface area (Å²) < 4.78 is 11.0. The van der Waals surface area contributed by atoms with E-state index >= 15 is 0 Å². The van der Waals surface area contributed by atoms with Crippen LogP contribution in [0.25, 0.3) is 0 Å². The van der Waals surface area contributed by atoms with Gasteiger partial charge in [0.15, 0.2) is 0 Å². The van der Waals surface area contributed by atoms with E-state index in [9.17, 15) is 15.0 Å². The van der Waals surface area contributed by atoms with Gasteiger partial charge in [0.05, 0.1) is 6.10 Å². The van der Waals surface area contributed by atoms with Crippen LogP contribution in [0.15, 0.2) is 24.3 Å². The third kappa shape index (κ3) is 2.37. The van der Waals surface area contributed by atoms with Crippen molar-refractivity contribution in [2.24, 2.45) is 23.2 Å². The van der Waals surface area contributed by atoms with E-state index in [4.69, 9.17) is 9.47 Å². The molecule has 0 saturated carbocycles. The molecule has 0 aromatic carbocycles. The lowest BCUT2D eigenvalue weighted by atomic mass is 9.64. The Morgan fingerprint density at radius 2 is 2.04 bits per heavy atom. The molecular weight excluding hydrogens is 308 g/mol. The zero-order valence-corrected chi connectivity index (χ0v) is 14.8. The number of carbonyl (C=O) groups excluding carboxylic acids is 1. The molecule has 2 fully saturated rings. The Labute approximate surface area is 143 Å². The van der Waals surface area contributed by atoms with E-state index in [-0.39, 0.29) is 5.92 Å². The van der Waals surface area contributed by atoms with E-state index in [1.54, 1.807) is 19.1 Å². The monoisotopic (exact) mass is 336 g/mol. The molecule has 3 rings (SSSR count). The third-order valence-electron chi connectivity index (χ3n) is 5.93. The van der Waals surface area contributed by atoms with Gasteiger partial charge in [-0.05, 0) is 18.3 Å². The van der Waals surface area contributed by atoms with E-state index in [1.807, 2.05) is 6.08 Å². The lowest BCUT2D eigenvalue weighted by Crippen LogP contribution is -2.55. The molecule has 134 valence electrons. The number of esters is 1. The summed E-state index contributed by atoms with van der Waals surface area (Å²) in [6.45, 7) is 8.11. The molecule has 2 N–H and O–H groups in total. The minimum absolute atomic E-state index is 0.350. The van der Waals surface area contributed by atoms with Crippen molar-refractivity contribution in [2.75, 3.05) is 0 Å². The number of hydrogen-bond acceptors (Lipinski definition) is 5. The van der Waals surface area contributed by atoms with Crippen LogP contribution < -0.4 is 0 Å². The van der Waals surface area contributed by atoms with Crippen molar-refractivity contribution in [3.8, 4) is 0 Å². The Morgan fingerprint density at radius 1 is 1.33 bits per heavy atom. The molecule has 2 saturated heterocycles. The molecule has 5 heteroatoms. The lowest BCUT2D eigenvalue weighted by Gasteiger charge is -2.40. The summed E-state index contributed by atoms with van der Waals surface area (Å²) in [5.74, 6) is -1.19. The molecule has 5 nitrogen and oxygen atoms in total. The fourth-order valence-corrected chi connectivity index (χ4v) is 4.35. The zero-order chi connectivity index (χ0) is 17.7. The molecule has 1 aliphatic carbocycles. The molecule has 2 bridgehead atoms. The van der Waals surface area contributed by atoms with Gasteiger partial charge in [0.2, 0.25) is 5.79 Å².